The predicted octanol–water partition coefficient (Wildman–Crippen LogP) is 4.27. The topological polar surface area (TPSA) is 12.4 Å². The minimum absolute atomic E-state index is 0.576. The molecule has 0 aromatic heterocycles. The Kier molecular flexibility index (Phi) is 5.97. The molecule has 15 heavy (non-hydrogen) atoms. The molecular formula is C11H16F3N. The number of nitrogens with zero attached hydrogens (tertiary/aromatic N) is 1. The average molecular weight is 219 g/mol. The van der Waals surface area contributed by atoms with Gasteiger partial charge in [-0.05, 0) is 26.3 Å². The highest BCUT2D eigenvalue weighted by atomic mass is 19.4. The standard InChI is InChI=1S/C11H16F3N/c1-4-5-8-15-10(3)7-6-9(2)11(12,13)14/h6-8H,4-5H2,1-3H3. The summed E-state index contributed by atoms with van der Waals surface area (Å²) in [5.74, 6) is 0. The van der Waals surface area contributed by atoms with E-state index >= 15 is 0 Å². The fourth-order valence-electron chi connectivity index (χ4n) is 0.721. The van der Waals surface area contributed by atoms with Crippen LogP contribution in [-0.2, 0) is 0 Å². The molecule has 0 saturated carbocycles. The van der Waals surface area contributed by atoms with Crippen LogP contribution < -0.4 is 0 Å². The predicted molar refractivity (Wildman–Crippen MR) is 57.0 cm³/mol. The number of rotatable bonds is 4. The van der Waals surface area contributed by atoms with E-state index < -0.39 is 11.7 Å². The van der Waals surface area contributed by atoms with E-state index in [1.165, 1.54) is 6.08 Å². The van der Waals surface area contributed by atoms with Crippen molar-refractivity contribution >= 4 is 6.21 Å². The van der Waals surface area contributed by atoms with Crippen LogP contribution in [0.25, 0.3) is 0 Å². The molecule has 0 saturated heterocycles. The summed E-state index contributed by atoms with van der Waals surface area (Å²) in [4.78, 5) is 3.99. The van der Waals surface area contributed by atoms with Gasteiger partial charge in [-0.1, -0.05) is 19.4 Å². The highest BCUT2D eigenvalue weighted by Gasteiger charge is 2.29. The van der Waals surface area contributed by atoms with Crippen molar-refractivity contribution in [2.45, 2.75) is 39.8 Å². The van der Waals surface area contributed by atoms with Gasteiger partial charge in [-0.15, -0.1) is 0 Å². The highest BCUT2D eigenvalue weighted by Crippen LogP contribution is 2.24. The maximum atomic E-state index is 12.1. The van der Waals surface area contributed by atoms with Crippen molar-refractivity contribution in [3.63, 3.8) is 0 Å². The Bertz CT molecular complexity index is 272. The van der Waals surface area contributed by atoms with Crippen LogP contribution in [0.3, 0.4) is 0 Å². The molecule has 0 spiro atoms. The summed E-state index contributed by atoms with van der Waals surface area (Å²) in [6.07, 6.45) is 1.70. The van der Waals surface area contributed by atoms with Gasteiger partial charge in [0.05, 0.1) is 0 Å². The largest absolute Gasteiger partial charge is 0.412 e. The van der Waals surface area contributed by atoms with Gasteiger partial charge in [0.2, 0.25) is 0 Å². The van der Waals surface area contributed by atoms with Gasteiger partial charge in [-0.25, -0.2) is 0 Å². The quantitative estimate of drug-likeness (QED) is 0.494. The average Bonchev–Trinajstić information content (AvgIpc) is 2.13. The lowest BCUT2D eigenvalue weighted by Gasteiger charge is -2.04. The summed E-state index contributed by atoms with van der Waals surface area (Å²) in [6.45, 7) is 4.73. The summed E-state index contributed by atoms with van der Waals surface area (Å²) < 4.78 is 36.2. The van der Waals surface area contributed by atoms with E-state index in [-0.39, 0.29) is 0 Å². The van der Waals surface area contributed by atoms with Crippen molar-refractivity contribution in [3.05, 3.63) is 23.4 Å². The normalized spacial score (nSPS) is 15.1. The molecule has 0 fully saturated rings. The third-order valence-electron chi connectivity index (χ3n) is 1.73. The monoisotopic (exact) mass is 219 g/mol. The van der Waals surface area contributed by atoms with Crippen LogP contribution in [0.2, 0.25) is 0 Å². The highest BCUT2D eigenvalue weighted by molar-refractivity contribution is 5.58. The first-order chi connectivity index (χ1) is 6.88. The van der Waals surface area contributed by atoms with Crippen LogP contribution in [0.4, 0.5) is 13.2 Å². The lowest BCUT2D eigenvalue weighted by Crippen LogP contribution is -2.08. The molecule has 0 bridgehead atoms. The Labute approximate surface area is 88.4 Å². The summed E-state index contributed by atoms with van der Waals surface area (Å²) in [7, 11) is 0. The number of alkyl halides is 3. The fourth-order valence-corrected chi connectivity index (χ4v) is 0.721. The molecule has 0 aliphatic rings. The van der Waals surface area contributed by atoms with E-state index in [9.17, 15) is 13.2 Å². The van der Waals surface area contributed by atoms with Crippen molar-refractivity contribution in [2.24, 2.45) is 4.99 Å². The molecular weight excluding hydrogens is 203 g/mol. The molecule has 0 amide bonds. The van der Waals surface area contributed by atoms with E-state index in [0.717, 1.165) is 25.8 Å². The molecule has 0 aromatic carbocycles. The molecule has 0 aliphatic carbocycles. The second-order valence-electron chi connectivity index (χ2n) is 3.26. The molecule has 4 heteroatoms. The third kappa shape index (κ3) is 6.94. The Balaban J connectivity index is 4.38. The number of unbranched alkanes of at least 4 members (excludes halogenated alkanes) is 1. The first kappa shape index (κ1) is 13.9. The van der Waals surface area contributed by atoms with Crippen LogP contribution in [0.1, 0.15) is 33.6 Å². The van der Waals surface area contributed by atoms with Gasteiger partial charge in [0.25, 0.3) is 0 Å². The molecule has 0 rings (SSSR count). The number of halogens is 3. The summed E-state index contributed by atoms with van der Waals surface area (Å²) in [6, 6.07) is 0. The van der Waals surface area contributed by atoms with Gasteiger partial charge in [-0.3, -0.25) is 4.99 Å². The Morgan fingerprint density at radius 2 is 1.80 bits per heavy atom. The summed E-state index contributed by atoms with van der Waals surface area (Å²) >= 11 is 0. The van der Waals surface area contributed by atoms with Crippen LogP contribution in [0.5, 0.6) is 0 Å². The van der Waals surface area contributed by atoms with E-state index in [1.807, 2.05) is 6.92 Å². The number of allylic oxidation sites excluding steroid dienone is 4. The third-order valence-corrected chi connectivity index (χ3v) is 1.73. The van der Waals surface area contributed by atoms with E-state index in [2.05, 4.69) is 4.99 Å². The van der Waals surface area contributed by atoms with Gasteiger partial charge in [0.15, 0.2) is 0 Å². The van der Waals surface area contributed by atoms with Crippen molar-refractivity contribution in [3.8, 4) is 0 Å². The second-order valence-corrected chi connectivity index (χ2v) is 3.26. The molecule has 86 valence electrons. The number of hydrogen-bond acceptors (Lipinski definition) is 1. The Morgan fingerprint density at radius 3 is 2.27 bits per heavy atom. The zero-order valence-electron chi connectivity index (χ0n) is 9.23. The van der Waals surface area contributed by atoms with Gasteiger partial charge in [0.1, 0.15) is 0 Å². The van der Waals surface area contributed by atoms with Crippen molar-refractivity contribution < 1.29 is 13.2 Å². The first-order valence-electron chi connectivity index (χ1n) is 4.82. The van der Waals surface area contributed by atoms with Crippen molar-refractivity contribution in [2.75, 3.05) is 0 Å². The minimum Gasteiger partial charge on any atom is -0.266 e. The smallest absolute Gasteiger partial charge is 0.266 e. The van der Waals surface area contributed by atoms with E-state index in [1.54, 1.807) is 13.1 Å². The van der Waals surface area contributed by atoms with Crippen LogP contribution in [-0.4, -0.2) is 12.4 Å². The molecule has 0 unspecified atom stereocenters. The van der Waals surface area contributed by atoms with E-state index in [4.69, 9.17) is 0 Å². The second kappa shape index (κ2) is 6.43. The summed E-state index contributed by atoms with van der Waals surface area (Å²) in [5, 5.41) is 0. The Hall–Kier alpha value is -1.06. The zero-order valence-corrected chi connectivity index (χ0v) is 9.23. The maximum absolute atomic E-state index is 12.1. The van der Waals surface area contributed by atoms with Crippen LogP contribution >= 0.6 is 0 Å². The maximum Gasteiger partial charge on any atom is 0.412 e. The van der Waals surface area contributed by atoms with Gasteiger partial charge in [0, 0.05) is 17.5 Å². The molecule has 0 aliphatic heterocycles. The van der Waals surface area contributed by atoms with Crippen LogP contribution in [0.15, 0.2) is 28.4 Å². The molecule has 0 heterocycles. The molecule has 0 radical (unpaired) electrons. The fraction of sp³-hybridized carbons (Fsp3) is 0.545. The van der Waals surface area contributed by atoms with Gasteiger partial charge < -0.3 is 0 Å². The SMILES string of the molecule is CCCC=NC(C)=CC=C(C)C(F)(F)F. The molecule has 1 nitrogen and oxygen atoms in total. The lowest BCUT2D eigenvalue weighted by atomic mass is 10.2. The lowest BCUT2D eigenvalue weighted by molar-refractivity contribution is -0.0912. The molecule has 0 atom stereocenters. The van der Waals surface area contributed by atoms with Gasteiger partial charge in [-0.2, -0.15) is 13.2 Å². The Morgan fingerprint density at radius 1 is 1.20 bits per heavy atom. The number of aliphatic imine (C=N–C) groups is 1. The number of hydrogen-bond donors (Lipinski definition) is 0. The van der Waals surface area contributed by atoms with Crippen molar-refractivity contribution in [1.29, 1.82) is 0 Å². The molecule has 0 aromatic rings. The summed E-state index contributed by atoms with van der Waals surface area (Å²) in [5.41, 5.74) is -0.0420. The first-order valence-corrected chi connectivity index (χ1v) is 4.82. The molecule has 0 N–H and O–H groups in total. The van der Waals surface area contributed by atoms with Crippen LogP contribution in [0, 0.1) is 0 Å². The van der Waals surface area contributed by atoms with Crippen molar-refractivity contribution in [1.82, 2.24) is 0 Å². The zero-order chi connectivity index (χ0) is 11.9. The van der Waals surface area contributed by atoms with E-state index in [0.29, 0.717) is 5.70 Å². The van der Waals surface area contributed by atoms with Gasteiger partial charge >= 0.3 is 6.18 Å². The minimum atomic E-state index is -4.25.